The molecule has 1 saturated heterocycles. The molecular formula is C19H20F3N3O3S. The molecule has 1 amide bonds. The second-order valence-corrected chi connectivity index (χ2v) is 9.61. The lowest BCUT2D eigenvalue weighted by Gasteiger charge is -2.29. The number of aromatic nitrogens is 2. The van der Waals surface area contributed by atoms with Crippen LogP contribution in [0.1, 0.15) is 46.7 Å². The van der Waals surface area contributed by atoms with E-state index >= 15 is 0 Å². The number of carbonyl (C=O) groups excluding carboxylic acids is 1. The molecule has 2 aromatic rings. The summed E-state index contributed by atoms with van der Waals surface area (Å²) in [4.78, 5) is 14.6. The number of nitrogens with zero attached hydrogens (tertiary/aromatic N) is 3. The molecule has 0 radical (unpaired) electrons. The molecule has 2 aliphatic rings. The van der Waals surface area contributed by atoms with Crippen molar-refractivity contribution in [2.24, 2.45) is 0 Å². The fourth-order valence-corrected chi connectivity index (χ4v) is 5.76. The number of hydrogen-bond donors (Lipinski definition) is 0. The quantitative estimate of drug-likeness (QED) is 0.755. The van der Waals surface area contributed by atoms with Crippen molar-refractivity contribution >= 4 is 21.4 Å². The topological polar surface area (TPSA) is 72.3 Å². The van der Waals surface area contributed by atoms with Gasteiger partial charge in [0.25, 0.3) is 5.91 Å². The standard InChI is InChI=1S/C19H20F3N3O3S/c1-2-16-15-6-8-24(13-5-3-4-12(10-13)19(20,21)22)18(26)17(15)25(23-16)14-7-9-29(27,28)11-14/h3-5,10,14H,2,6-9,11H2,1H3. The van der Waals surface area contributed by atoms with Gasteiger partial charge in [0.15, 0.2) is 9.84 Å². The molecular weight excluding hydrogens is 407 g/mol. The summed E-state index contributed by atoms with van der Waals surface area (Å²) in [6.07, 6.45) is -3.09. The molecule has 1 unspecified atom stereocenters. The van der Waals surface area contributed by atoms with Crippen molar-refractivity contribution in [2.45, 2.75) is 38.4 Å². The molecule has 1 aromatic carbocycles. The van der Waals surface area contributed by atoms with Crippen molar-refractivity contribution in [3.8, 4) is 0 Å². The highest BCUT2D eigenvalue weighted by Gasteiger charge is 2.38. The Kier molecular flexibility index (Phi) is 4.71. The predicted molar refractivity (Wildman–Crippen MR) is 101 cm³/mol. The van der Waals surface area contributed by atoms with Gasteiger partial charge in [0.1, 0.15) is 5.69 Å². The average Bonchev–Trinajstić information content (AvgIpc) is 3.21. The van der Waals surface area contributed by atoms with E-state index in [2.05, 4.69) is 5.10 Å². The number of amides is 1. The molecule has 0 bridgehead atoms. The smallest absolute Gasteiger partial charge is 0.307 e. The van der Waals surface area contributed by atoms with Gasteiger partial charge in [0.2, 0.25) is 0 Å². The van der Waals surface area contributed by atoms with Gasteiger partial charge < -0.3 is 4.90 Å². The maximum atomic E-state index is 13.3. The van der Waals surface area contributed by atoms with E-state index in [1.807, 2.05) is 6.92 Å². The minimum atomic E-state index is -4.50. The Morgan fingerprint density at radius 3 is 2.66 bits per heavy atom. The second-order valence-electron chi connectivity index (χ2n) is 7.38. The van der Waals surface area contributed by atoms with Crippen LogP contribution < -0.4 is 4.90 Å². The van der Waals surface area contributed by atoms with E-state index in [4.69, 9.17) is 0 Å². The van der Waals surface area contributed by atoms with Gasteiger partial charge >= 0.3 is 6.18 Å². The van der Waals surface area contributed by atoms with Gasteiger partial charge in [-0.25, -0.2) is 8.42 Å². The van der Waals surface area contributed by atoms with E-state index in [-0.39, 0.29) is 23.7 Å². The molecule has 10 heteroatoms. The first-order chi connectivity index (χ1) is 13.6. The monoisotopic (exact) mass is 427 g/mol. The third-order valence-electron chi connectivity index (χ3n) is 5.50. The summed E-state index contributed by atoms with van der Waals surface area (Å²) < 4.78 is 64.6. The fourth-order valence-electron chi connectivity index (χ4n) is 4.07. The van der Waals surface area contributed by atoms with Crippen LogP contribution in [0, 0.1) is 0 Å². The molecule has 6 nitrogen and oxygen atoms in total. The number of benzene rings is 1. The Hall–Kier alpha value is -2.36. The van der Waals surface area contributed by atoms with Crippen molar-refractivity contribution in [1.29, 1.82) is 0 Å². The van der Waals surface area contributed by atoms with Gasteiger partial charge in [-0.15, -0.1) is 0 Å². The summed E-state index contributed by atoms with van der Waals surface area (Å²) in [5.41, 5.74) is 1.15. The molecule has 29 heavy (non-hydrogen) atoms. The minimum Gasteiger partial charge on any atom is -0.307 e. The molecule has 3 heterocycles. The van der Waals surface area contributed by atoms with Crippen LogP contribution in [0.3, 0.4) is 0 Å². The molecule has 1 fully saturated rings. The highest BCUT2D eigenvalue weighted by Crippen LogP contribution is 2.35. The number of aryl methyl sites for hydroxylation is 1. The van der Waals surface area contributed by atoms with Crippen LogP contribution in [0.15, 0.2) is 24.3 Å². The van der Waals surface area contributed by atoms with E-state index in [9.17, 15) is 26.4 Å². The fraction of sp³-hybridized carbons (Fsp3) is 0.474. The molecule has 1 atom stereocenters. The Morgan fingerprint density at radius 1 is 1.28 bits per heavy atom. The molecule has 0 spiro atoms. The highest BCUT2D eigenvalue weighted by molar-refractivity contribution is 7.91. The van der Waals surface area contributed by atoms with Gasteiger partial charge in [-0.05, 0) is 37.5 Å². The van der Waals surface area contributed by atoms with Gasteiger partial charge in [-0.2, -0.15) is 18.3 Å². The van der Waals surface area contributed by atoms with Crippen molar-refractivity contribution in [3.63, 3.8) is 0 Å². The summed E-state index contributed by atoms with van der Waals surface area (Å²) in [6, 6.07) is 4.24. The van der Waals surface area contributed by atoms with E-state index in [1.165, 1.54) is 21.7 Å². The van der Waals surface area contributed by atoms with Gasteiger partial charge in [-0.1, -0.05) is 13.0 Å². The van der Waals surface area contributed by atoms with E-state index < -0.39 is 33.5 Å². The van der Waals surface area contributed by atoms with Crippen LogP contribution in [0.5, 0.6) is 0 Å². The summed E-state index contributed by atoms with van der Waals surface area (Å²) in [6.45, 7) is 2.15. The maximum Gasteiger partial charge on any atom is 0.416 e. The number of carbonyl (C=O) groups is 1. The molecule has 0 saturated carbocycles. The van der Waals surface area contributed by atoms with Gasteiger partial charge in [0, 0.05) is 17.8 Å². The zero-order chi connectivity index (χ0) is 21.0. The Bertz CT molecular complexity index is 1080. The second kappa shape index (κ2) is 6.86. The zero-order valence-electron chi connectivity index (χ0n) is 15.7. The van der Waals surface area contributed by atoms with Crippen LogP contribution >= 0.6 is 0 Å². The van der Waals surface area contributed by atoms with Crippen molar-refractivity contribution in [3.05, 3.63) is 46.8 Å². The lowest BCUT2D eigenvalue weighted by Crippen LogP contribution is -2.39. The first-order valence-corrected chi connectivity index (χ1v) is 11.2. The number of halogens is 3. The van der Waals surface area contributed by atoms with Crippen LogP contribution in [0.25, 0.3) is 0 Å². The van der Waals surface area contributed by atoms with Crippen molar-refractivity contribution in [2.75, 3.05) is 23.0 Å². The zero-order valence-corrected chi connectivity index (χ0v) is 16.6. The largest absolute Gasteiger partial charge is 0.416 e. The van der Waals surface area contributed by atoms with E-state index in [1.54, 1.807) is 0 Å². The number of fused-ring (bicyclic) bond motifs is 1. The number of alkyl halides is 3. The van der Waals surface area contributed by atoms with Crippen LogP contribution in [-0.4, -0.2) is 42.2 Å². The first kappa shape index (κ1) is 19.9. The lowest BCUT2D eigenvalue weighted by atomic mass is 10.0. The summed E-state index contributed by atoms with van der Waals surface area (Å²) in [5, 5.41) is 4.52. The number of anilines is 1. The molecule has 2 aliphatic heterocycles. The van der Waals surface area contributed by atoms with Crippen LogP contribution in [-0.2, 0) is 28.9 Å². The van der Waals surface area contributed by atoms with E-state index in [0.717, 1.165) is 23.4 Å². The molecule has 4 rings (SSSR count). The summed E-state index contributed by atoms with van der Waals surface area (Å²) in [7, 11) is -3.18. The molecule has 1 aromatic heterocycles. The first-order valence-electron chi connectivity index (χ1n) is 9.40. The number of sulfone groups is 1. The van der Waals surface area contributed by atoms with Crippen LogP contribution in [0.4, 0.5) is 18.9 Å². The molecule has 0 N–H and O–H groups in total. The Balaban J connectivity index is 1.75. The normalized spacial score (nSPS) is 21.4. The predicted octanol–water partition coefficient (Wildman–Crippen LogP) is 3.03. The number of rotatable bonds is 3. The lowest BCUT2D eigenvalue weighted by molar-refractivity contribution is -0.137. The van der Waals surface area contributed by atoms with Crippen molar-refractivity contribution < 1.29 is 26.4 Å². The van der Waals surface area contributed by atoms with Gasteiger partial charge in [-0.3, -0.25) is 9.48 Å². The Labute approximate surface area is 166 Å². The third kappa shape index (κ3) is 3.54. The third-order valence-corrected chi connectivity index (χ3v) is 7.25. The Morgan fingerprint density at radius 2 is 2.03 bits per heavy atom. The van der Waals surface area contributed by atoms with E-state index in [0.29, 0.717) is 25.0 Å². The molecule has 156 valence electrons. The van der Waals surface area contributed by atoms with Crippen LogP contribution in [0.2, 0.25) is 0 Å². The molecule has 0 aliphatic carbocycles. The SMILES string of the molecule is CCc1nn(C2CCS(=O)(=O)C2)c2c1CCN(c1cccc(C(F)(F)F)c1)C2=O. The summed E-state index contributed by atoms with van der Waals surface area (Å²) >= 11 is 0. The summed E-state index contributed by atoms with van der Waals surface area (Å²) in [5.74, 6) is -0.484. The van der Waals surface area contributed by atoms with Gasteiger partial charge in [0.05, 0.1) is 28.8 Å². The minimum absolute atomic E-state index is 0.0410. The maximum absolute atomic E-state index is 13.3. The van der Waals surface area contributed by atoms with Crippen molar-refractivity contribution in [1.82, 2.24) is 9.78 Å². The highest BCUT2D eigenvalue weighted by atomic mass is 32.2. The number of hydrogen-bond acceptors (Lipinski definition) is 4. The average molecular weight is 427 g/mol.